The second kappa shape index (κ2) is 9.29. The quantitative estimate of drug-likeness (QED) is 0.309. The van der Waals surface area contributed by atoms with Crippen LogP contribution in [0.4, 0.5) is 5.00 Å². The lowest BCUT2D eigenvalue weighted by Gasteiger charge is -2.09. The third-order valence-electron chi connectivity index (χ3n) is 4.82. The molecule has 0 bridgehead atoms. The van der Waals surface area contributed by atoms with Gasteiger partial charge in [0.05, 0.1) is 7.11 Å². The first-order valence-corrected chi connectivity index (χ1v) is 11.2. The third kappa shape index (κ3) is 4.60. The van der Waals surface area contributed by atoms with Gasteiger partial charge in [0.25, 0.3) is 5.91 Å². The Kier molecular flexibility index (Phi) is 6.30. The van der Waals surface area contributed by atoms with Crippen LogP contribution in [0.2, 0.25) is 0 Å². The number of benzene rings is 3. The van der Waals surface area contributed by atoms with E-state index in [0.29, 0.717) is 16.1 Å². The Morgan fingerprint density at radius 1 is 0.839 bits per heavy atom. The van der Waals surface area contributed by atoms with Gasteiger partial charge in [-0.3, -0.25) is 4.79 Å². The predicted molar refractivity (Wildman–Crippen MR) is 129 cm³/mol. The van der Waals surface area contributed by atoms with Crippen molar-refractivity contribution in [3.63, 3.8) is 0 Å². The van der Waals surface area contributed by atoms with Crippen LogP contribution in [-0.4, -0.2) is 19.0 Å². The lowest BCUT2D eigenvalue weighted by molar-refractivity contribution is 0.0603. The van der Waals surface area contributed by atoms with Gasteiger partial charge in [0.1, 0.15) is 10.6 Å². The molecule has 0 saturated carbocycles. The normalized spacial score (nSPS) is 10.5. The highest BCUT2D eigenvalue weighted by Crippen LogP contribution is 2.37. The zero-order valence-electron chi connectivity index (χ0n) is 16.6. The number of amides is 1. The van der Waals surface area contributed by atoms with Crippen molar-refractivity contribution in [3.05, 3.63) is 99.8 Å². The summed E-state index contributed by atoms with van der Waals surface area (Å²) in [5, 5.41) is 5.18. The van der Waals surface area contributed by atoms with Crippen molar-refractivity contribution in [1.82, 2.24) is 0 Å². The molecular weight excluding hydrogens is 474 g/mol. The van der Waals surface area contributed by atoms with Gasteiger partial charge in [-0.25, -0.2) is 4.79 Å². The average Bonchev–Trinajstić information content (AvgIpc) is 3.23. The number of halogens is 1. The topological polar surface area (TPSA) is 55.4 Å². The molecule has 0 aliphatic heterocycles. The molecule has 1 heterocycles. The van der Waals surface area contributed by atoms with Crippen molar-refractivity contribution in [2.75, 3.05) is 12.4 Å². The van der Waals surface area contributed by atoms with Crippen LogP contribution < -0.4 is 5.32 Å². The zero-order valence-corrected chi connectivity index (χ0v) is 19.0. The number of ether oxygens (including phenoxy) is 1. The van der Waals surface area contributed by atoms with Crippen LogP contribution in [0, 0.1) is 0 Å². The standard InChI is InChI=1S/C25H18BrNO3S/c1-30-25(29)22-21(18-11-13-20(26)14-12-18)15-31-24(22)27-23(28)19-9-7-17(8-10-19)16-5-3-2-4-6-16/h2-15H,1H3,(H,27,28). The first-order chi connectivity index (χ1) is 15.1. The van der Waals surface area contributed by atoms with Crippen LogP contribution in [0.1, 0.15) is 20.7 Å². The van der Waals surface area contributed by atoms with Crippen LogP contribution in [0.3, 0.4) is 0 Å². The Morgan fingerprint density at radius 2 is 1.45 bits per heavy atom. The summed E-state index contributed by atoms with van der Waals surface area (Å²) in [7, 11) is 1.33. The zero-order chi connectivity index (χ0) is 21.8. The van der Waals surface area contributed by atoms with Gasteiger partial charge in [-0.05, 0) is 41.0 Å². The highest BCUT2D eigenvalue weighted by molar-refractivity contribution is 9.10. The van der Waals surface area contributed by atoms with Crippen molar-refractivity contribution >= 4 is 44.1 Å². The van der Waals surface area contributed by atoms with Gasteiger partial charge < -0.3 is 10.1 Å². The molecule has 0 unspecified atom stereocenters. The van der Waals surface area contributed by atoms with Gasteiger partial charge in [0.2, 0.25) is 0 Å². The number of anilines is 1. The van der Waals surface area contributed by atoms with Gasteiger partial charge in [0, 0.05) is 21.0 Å². The fraction of sp³-hybridized carbons (Fsp3) is 0.0400. The van der Waals surface area contributed by atoms with Crippen molar-refractivity contribution in [2.45, 2.75) is 0 Å². The first-order valence-electron chi connectivity index (χ1n) is 9.49. The Balaban J connectivity index is 1.61. The van der Waals surface area contributed by atoms with E-state index in [0.717, 1.165) is 26.7 Å². The van der Waals surface area contributed by atoms with E-state index in [4.69, 9.17) is 4.74 Å². The van der Waals surface area contributed by atoms with Crippen LogP contribution in [0.15, 0.2) is 88.7 Å². The van der Waals surface area contributed by atoms with E-state index in [2.05, 4.69) is 21.2 Å². The maximum atomic E-state index is 12.9. The summed E-state index contributed by atoms with van der Waals surface area (Å²) >= 11 is 4.71. The Morgan fingerprint density at radius 3 is 2.10 bits per heavy atom. The molecule has 1 aromatic heterocycles. The number of nitrogens with one attached hydrogen (secondary N) is 1. The molecule has 0 saturated heterocycles. The second-order valence-electron chi connectivity index (χ2n) is 6.75. The monoisotopic (exact) mass is 491 g/mol. The largest absolute Gasteiger partial charge is 0.465 e. The van der Waals surface area contributed by atoms with Crippen molar-refractivity contribution in [2.24, 2.45) is 0 Å². The summed E-state index contributed by atoms with van der Waals surface area (Å²) in [4.78, 5) is 25.4. The second-order valence-corrected chi connectivity index (χ2v) is 8.54. The van der Waals surface area contributed by atoms with E-state index in [9.17, 15) is 9.59 Å². The maximum absolute atomic E-state index is 12.9. The van der Waals surface area contributed by atoms with E-state index >= 15 is 0 Å². The SMILES string of the molecule is COC(=O)c1c(-c2ccc(Br)cc2)csc1NC(=O)c1ccc(-c2ccccc2)cc1. The van der Waals surface area contributed by atoms with Crippen molar-refractivity contribution < 1.29 is 14.3 Å². The molecule has 31 heavy (non-hydrogen) atoms. The summed E-state index contributed by atoms with van der Waals surface area (Å²) in [6, 6.07) is 25.0. The van der Waals surface area contributed by atoms with Crippen LogP contribution in [0.5, 0.6) is 0 Å². The van der Waals surface area contributed by atoms with Crippen LogP contribution >= 0.6 is 27.3 Å². The fourth-order valence-electron chi connectivity index (χ4n) is 3.22. The number of hydrogen-bond donors (Lipinski definition) is 1. The number of hydrogen-bond acceptors (Lipinski definition) is 4. The molecule has 4 rings (SSSR count). The molecule has 6 heteroatoms. The molecule has 4 nitrogen and oxygen atoms in total. The minimum Gasteiger partial charge on any atom is -0.465 e. The molecular formula is C25H18BrNO3S. The average molecular weight is 492 g/mol. The first kappa shape index (κ1) is 21.0. The minimum atomic E-state index is -0.492. The molecule has 0 radical (unpaired) electrons. The molecule has 154 valence electrons. The number of carbonyl (C=O) groups excluding carboxylic acids is 2. The van der Waals surface area contributed by atoms with E-state index in [1.165, 1.54) is 18.4 Å². The third-order valence-corrected chi connectivity index (χ3v) is 6.24. The summed E-state index contributed by atoms with van der Waals surface area (Å²) < 4.78 is 5.92. The summed E-state index contributed by atoms with van der Waals surface area (Å²) in [6.07, 6.45) is 0. The lowest BCUT2D eigenvalue weighted by atomic mass is 10.0. The summed E-state index contributed by atoms with van der Waals surface area (Å²) in [5.74, 6) is -0.775. The summed E-state index contributed by atoms with van der Waals surface area (Å²) in [5.41, 5.74) is 4.56. The number of methoxy groups -OCH3 is 1. The van der Waals surface area contributed by atoms with E-state index in [-0.39, 0.29) is 5.91 Å². The van der Waals surface area contributed by atoms with E-state index in [1.807, 2.05) is 72.1 Å². The molecule has 0 atom stereocenters. The predicted octanol–water partition coefficient (Wildman–Crippen LogP) is 6.88. The highest BCUT2D eigenvalue weighted by atomic mass is 79.9. The maximum Gasteiger partial charge on any atom is 0.341 e. The molecule has 0 spiro atoms. The van der Waals surface area contributed by atoms with Crippen LogP contribution in [0.25, 0.3) is 22.3 Å². The van der Waals surface area contributed by atoms with Gasteiger partial charge in [-0.2, -0.15) is 0 Å². The molecule has 4 aromatic rings. The highest BCUT2D eigenvalue weighted by Gasteiger charge is 2.22. The van der Waals surface area contributed by atoms with Gasteiger partial charge in [0.15, 0.2) is 0 Å². The molecule has 0 fully saturated rings. The van der Waals surface area contributed by atoms with Gasteiger partial charge in [-0.15, -0.1) is 11.3 Å². The fourth-order valence-corrected chi connectivity index (χ4v) is 4.43. The minimum absolute atomic E-state index is 0.283. The molecule has 3 aromatic carbocycles. The Labute approximate surface area is 192 Å². The smallest absolute Gasteiger partial charge is 0.341 e. The van der Waals surface area contributed by atoms with Crippen molar-refractivity contribution in [1.29, 1.82) is 0 Å². The van der Waals surface area contributed by atoms with Gasteiger partial charge in [-0.1, -0.05) is 70.5 Å². The number of rotatable bonds is 5. The van der Waals surface area contributed by atoms with Gasteiger partial charge >= 0.3 is 5.97 Å². The number of esters is 1. The van der Waals surface area contributed by atoms with E-state index in [1.54, 1.807) is 12.1 Å². The van der Waals surface area contributed by atoms with Crippen LogP contribution in [-0.2, 0) is 4.74 Å². The molecule has 0 aliphatic rings. The molecule has 1 amide bonds. The Bertz CT molecular complexity index is 1220. The lowest BCUT2D eigenvalue weighted by Crippen LogP contribution is -2.14. The number of carbonyl (C=O) groups is 2. The van der Waals surface area contributed by atoms with E-state index < -0.39 is 5.97 Å². The summed E-state index contributed by atoms with van der Waals surface area (Å²) in [6.45, 7) is 0. The number of thiophene rings is 1. The molecule has 0 aliphatic carbocycles. The van der Waals surface area contributed by atoms with Crippen molar-refractivity contribution in [3.8, 4) is 22.3 Å². The Hall–Kier alpha value is -3.22. The molecule has 1 N–H and O–H groups in total.